The SMILES string of the molecule is C#Cc1ccc(C(C(=O)NCCCCC)N(CC#N)C(=O)C(CC(C)C)NC(=O)OC(C)(C)C)cc1. The molecule has 1 rings (SSSR count). The molecule has 0 aliphatic carbocycles. The van der Waals surface area contributed by atoms with Crippen LogP contribution in [0.3, 0.4) is 0 Å². The second kappa shape index (κ2) is 14.8. The van der Waals surface area contributed by atoms with Gasteiger partial charge in [-0.25, -0.2) is 4.79 Å². The number of nitriles is 1. The molecule has 0 saturated heterocycles. The number of nitrogens with one attached hydrogen (secondary N) is 2. The molecule has 0 bridgehead atoms. The Morgan fingerprint density at radius 1 is 1.14 bits per heavy atom. The van der Waals surface area contributed by atoms with E-state index in [1.54, 1.807) is 45.0 Å². The van der Waals surface area contributed by atoms with Gasteiger partial charge in [-0.2, -0.15) is 5.26 Å². The number of rotatable bonds is 12. The van der Waals surface area contributed by atoms with Crippen LogP contribution in [0.1, 0.15) is 84.4 Å². The van der Waals surface area contributed by atoms with Crippen molar-refractivity contribution in [2.24, 2.45) is 5.92 Å². The zero-order valence-electron chi connectivity index (χ0n) is 22.4. The van der Waals surface area contributed by atoms with Gasteiger partial charge in [0.15, 0.2) is 0 Å². The maximum Gasteiger partial charge on any atom is 0.408 e. The van der Waals surface area contributed by atoms with E-state index >= 15 is 0 Å². The first-order chi connectivity index (χ1) is 16.9. The van der Waals surface area contributed by atoms with Crippen LogP contribution in [-0.4, -0.2) is 47.5 Å². The van der Waals surface area contributed by atoms with Crippen LogP contribution in [0.2, 0.25) is 0 Å². The lowest BCUT2D eigenvalue weighted by molar-refractivity contribution is -0.142. The van der Waals surface area contributed by atoms with Crippen LogP contribution in [0, 0.1) is 29.6 Å². The van der Waals surface area contributed by atoms with Crippen LogP contribution in [0.15, 0.2) is 24.3 Å². The summed E-state index contributed by atoms with van der Waals surface area (Å²) in [6.45, 7) is 11.2. The summed E-state index contributed by atoms with van der Waals surface area (Å²) in [4.78, 5) is 40.9. The zero-order chi connectivity index (χ0) is 27.3. The van der Waals surface area contributed by atoms with E-state index in [-0.39, 0.29) is 12.5 Å². The van der Waals surface area contributed by atoms with Gasteiger partial charge < -0.3 is 20.3 Å². The number of hydrogen-bond donors (Lipinski definition) is 2. The van der Waals surface area contributed by atoms with Gasteiger partial charge in [0.1, 0.15) is 24.2 Å². The van der Waals surface area contributed by atoms with Gasteiger partial charge in [0.2, 0.25) is 11.8 Å². The number of carbonyl (C=O) groups excluding carboxylic acids is 3. The molecule has 8 heteroatoms. The van der Waals surface area contributed by atoms with Crippen molar-refractivity contribution in [1.29, 1.82) is 5.26 Å². The molecule has 36 heavy (non-hydrogen) atoms. The first-order valence-corrected chi connectivity index (χ1v) is 12.4. The topological polar surface area (TPSA) is 112 Å². The summed E-state index contributed by atoms with van der Waals surface area (Å²) in [5.41, 5.74) is 0.399. The van der Waals surface area contributed by atoms with Crippen molar-refractivity contribution in [3.05, 3.63) is 35.4 Å². The summed E-state index contributed by atoms with van der Waals surface area (Å²) in [7, 11) is 0. The second-order valence-corrected chi connectivity index (χ2v) is 10.1. The van der Waals surface area contributed by atoms with Crippen LogP contribution in [0.5, 0.6) is 0 Å². The molecule has 8 nitrogen and oxygen atoms in total. The van der Waals surface area contributed by atoms with Gasteiger partial charge in [-0.15, -0.1) is 6.42 Å². The Kier molecular flexibility index (Phi) is 12.5. The molecule has 2 N–H and O–H groups in total. The highest BCUT2D eigenvalue weighted by Crippen LogP contribution is 2.24. The Hall–Kier alpha value is -3.52. The van der Waals surface area contributed by atoms with Crippen LogP contribution in [0.25, 0.3) is 0 Å². The highest BCUT2D eigenvalue weighted by atomic mass is 16.6. The predicted octanol–water partition coefficient (Wildman–Crippen LogP) is 4.31. The average molecular weight is 497 g/mol. The van der Waals surface area contributed by atoms with E-state index in [0.29, 0.717) is 24.1 Å². The number of benzene rings is 1. The fraction of sp³-hybridized carbons (Fsp3) is 0.571. The largest absolute Gasteiger partial charge is 0.444 e. The molecular formula is C28H40N4O4. The molecule has 0 aromatic heterocycles. The molecule has 0 heterocycles. The Morgan fingerprint density at radius 2 is 1.78 bits per heavy atom. The quantitative estimate of drug-likeness (QED) is 0.254. The minimum absolute atomic E-state index is 0.0501. The van der Waals surface area contributed by atoms with Gasteiger partial charge in [0.25, 0.3) is 0 Å². The van der Waals surface area contributed by atoms with Crippen molar-refractivity contribution < 1.29 is 19.1 Å². The molecule has 2 atom stereocenters. The molecule has 1 aromatic carbocycles. The highest BCUT2D eigenvalue weighted by Gasteiger charge is 2.36. The number of ether oxygens (including phenoxy) is 1. The molecule has 1 aromatic rings. The van der Waals surface area contributed by atoms with Crippen molar-refractivity contribution in [3.8, 4) is 18.4 Å². The van der Waals surface area contributed by atoms with Crippen LogP contribution >= 0.6 is 0 Å². The first-order valence-electron chi connectivity index (χ1n) is 12.4. The fourth-order valence-corrected chi connectivity index (χ4v) is 3.63. The molecule has 2 unspecified atom stereocenters. The third-order valence-corrected chi connectivity index (χ3v) is 5.25. The summed E-state index contributed by atoms with van der Waals surface area (Å²) in [5, 5.41) is 15.1. The molecule has 0 spiro atoms. The van der Waals surface area contributed by atoms with Crippen LogP contribution in [0.4, 0.5) is 4.79 Å². The third-order valence-electron chi connectivity index (χ3n) is 5.25. The molecule has 0 fully saturated rings. The lowest BCUT2D eigenvalue weighted by Crippen LogP contribution is -2.53. The molecular weight excluding hydrogens is 456 g/mol. The minimum atomic E-state index is -1.07. The lowest BCUT2D eigenvalue weighted by Gasteiger charge is -2.33. The smallest absolute Gasteiger partial charge is 0.408 e. The van der Waals surface area contributed by atoms with Gasteiger partial charge in [-0.1, -0.05) is 51.7 Å². The molecule has 0 aliphatic rings. The number of alkyl carbamates (subject to hydrolysis) is 1. The Labute approximate surface area is 215 Å². The van der Waals surface area contributed by atoms with Crippen molar-refractivity contribution in [2.75, 3.05) is 13.1 Å². The Bertz CT molecular complexity index is 952. The summed E-state index contributed by atoms with van der Waals surface area (Å²) in [5.74, 6) is 1.65. The van der Waals surface area contributed by atoms with Gasteiger partial charge in [-0.05, 0) is 57.2 Å². The maximum atomic E-state index is 13.8. The standard InChI is InChI=1S/C28H40N4O4/c1-8-10-11-17-30-25(33)24(22-14-12-21(9-2)13-15-22)32(18-16-29)26(34)23(19-20(3)4)31-27(35)36-28(5,6)7/h2,12-15,20,23-24H,8,10-11,17-19H2,1,3-7H3,(H,30,33)(H,31,35). The first kappa shape index (κ1) is 30.5. The van der Waals surface area contributed by atoms with Crippen molar-refractivity contribution >= 4 is 17.9 Å². The summed E-state index contributed by atoms with van der Waals surface area (Å²) < 4.78 is 5.35. The summed E-state index contributed by atoms with van der Waals surface area (Å²) in [6, 6.07) is 6.69. The fourth-order valence-electron chi connectivity index (χ4n) is 3.63. The molecule has 3 amide bonds. The second-order valence-electron chi connectivity index (χ2n) is 10.1. The number of unbranched alkanes of at least 4 members (excludes halogenated alkanes) is 2. The molecule has 196 valence electrons. The summed E-state index contributed by atoms with van der Waals surface area (Å²) in [6.07, 6.45) is 7.80. The monoisotopic (exact) mass is 496 g/mol. The van der Waals surface area contributed by atoms with Gasteiger partial charge in [-0.3, -0.25) is 9.59 Å². The van der Waals surface area contributed by atoms with E-state index in [4.69, 9.17) is 11.2 Å². The predicted molar refractivity (Wildman–Crippen MR) is 140 cm³/mol. The van der Waals surface area contributed by atoms with E-state index in [0.717, 1.165) is 19.3 Å². The van der Waals surface area contributed by atoms with Gasteiger partial charge in [0, 0.05) is 12.1 Å². The van der Waals surface area contributed by atoms with Crippen molar-refractivity contribution in [3.63, 3.8) is 0 Å². The Morgan fingerprint density at radius 3 is 2.28 bits per heavy atom. The van der Waals surface area contributed by atoms with Gasteiger partial charge >= 0.3 is 6.09 Å². The molecule has 0 radical (unpaired) electrons. The Balaban J connectivity index is 3.39. The normalized spacial score (nSPS) is 12.6. The highest BCUT2D eigenvalue weighted by molar-refractivity contribution is 5.92. The van der Waals surface area contributed by atoms with E-state index in [1.807, 2.05) is 19.9 Å². The number of carbonyl (C=O) groups is 3. The minimum Gasteiger partial charge on any atom is -0.444 e. The van der Waals surface area contributed by atoms with Gasteiger partial charge in [0.05, 0.1) is 6.07 Å². The number of hydrogen-bond acceptors (Lipinski definition) is 5. The average Bonchev–Trinajstić information content (AvgIpc) is 2.79. The third kappa shape index (κ3) is 10.4. The van der Waals surface area contributed by atoms with Crippen molar-refractivity contribution in [2.45, 2.75) is 84.9 Å². The maximum absolute atomic E-state index is 13.8. The van der Waals surface area contributed by atoms with E-state index in [9.17, 15) is 19.6 Å². The van der Waals surface area contributed by atoms with E-state index < -0.39 is 35.6 Å². The lowest BCUT2D eigenvalue weighted by atomic mass is 9.98. The number of terminal acetylenes is 1. The van der Waals surface area contributed by atoms with E-state index in [1.165, 1.54) is 4.90 Å². The summed E-state index contributed by atoms with van der Waals surface area (Å²) >= 11 is 0. The van der Waals surface area contributed by atoms with E-state index in [2.05, 4.69) is 23.5 Å². The van der Waals surface area contributed by atoms with Crippen molar-refractivity contribution in [1.82, 2.24) is 15.5 Å². The molecule has 0 aliphatic heterocycles. The van der Waals surface area contributed by atoms with Crippen LogP contribution in [-0.2, 0) is 14.3 Å². The molecule has 0 saturated carbocycles. The van der Waals surface area contributed by atoms with Crippen LogP contribution < -0.4 is 10.6 Å². The number of amides is 3. The zero-order valence-corrected chi connectivity index (χ0v) is 22.4. The number of nitrogens with zero attached hydrogens (tertiary/aromatic N) is 2.